The fourth-order valence-corrected chi connectivity index (χ4v) is 1.42. The van der Waals surface area contributed by atoms with Crippen LogP contribution in [0.4, 0.5) is 0 Å². The molecule has 15 heavy (non-hydrogen) atoms. The zero-order chi connectivity index (χ0) is 11.1. The summed E-state index contributed by atoms with van der Waals surface area (Å²) in [5, 5.41) is 3.46. The van der Waals surface area contributed by atoms with Gasteiger partial charge in [0.15, 0.2) is 0 Å². The van der Waals surface area contributed by atoms with Gasteiger partial charge in [-0.25, -0.2) is 4.98 Å². The summed E-state index contributed by atoms with van der Waals surface area (Å²) >= 11 is 0. The summed E-state index contributed by atoms with van der Waals surface area (Å²) in [6.07, 6.45) is 5.83. The van der Waals surface area contributed by atoms with Gasteiger partial charge in [-0.15, -0.1) is 11.8 Å². The number of aryl methyl sites for hydroxylation is 1. The van der Waals surface area contributed by atoms with Crippen LogP contribution in [-0.4, -0.2) is 16.1 Å². The van der Waals surface area contributed by atoms with E-state index in [1.54, 1.807) is 0 Å². The highest BCUT2D eigenvalue weighted by Crippen LogP contribution is 2.13. The van der Waals surface area contributed by atoms with Gasteiger partial charge in [0.05, 0.1) is 18.1 Å². The highest BCUT2D eigenvalue weighted by atomic mass is 15.0. The third kappa shape index (κ3) is 3.77. The van der Waals surface area contributed by atoms with Crippen molar-refractivity contribution in [1.29, 1.82) is 0 Å². The minimum Gasteiger partial charge on any atom is -0.340 e. The quantitative estimate of drug-likeness (QED) is 0.744. The lowest BCUT2D eigenvalue weighted by Crippen LogP contribution is -2.22. The second-order valence-electron chi connectivity index (χ2n) is 3.60. The molecule has 1 unspecified atom stereocenters. The van der Waals surface area contributed by atoms with Crippen molar-refractivity contribution in [3.05, 3.63) is 18.2 Å². The average molecular weight is 205 g/mol. The maximum atomic E-state index is 4.35. The Morgan fingerprint density at radius 2 is 2.40 bits per heavy atom. The lowest BCUT2D eigenvalue weighted by Gasteiger charge is -2.13. The van der Waals surface area contributed by atoms with Gasteiger partial charge in [0, 0.05) is 19.7 Å². The van der Waals surface area contributed by atoms with Gasteiger partial charge in [0.1, 0.15) is 0 Å². The van der Waals surface area contributed by atoms with E-state index in [2.05, 4.69) is 29.1 Å². The molecule has 0 bridgehead atoms. The van der Waals surface area contributed by atoms with E-state index in [1.165, 1.54) is 0 Å². The van der Waals surface area contributed by atoms with Gasteiger partial charge in [-0.1, -0.05) is 6.92 Å². The molecule has 1 rings (SSSR count). The molecule has 1 aromatic rings. The fourth-order valence-electron chi connectivity index (χ4n) is 1.42. The number of imidazole rings is 1. The van der Waals surface area contributed by atoms with Crippen molar-refractivity contribution in [1.82, 2.24) is 14.9 Å². The molecule has 0 amide bonds. The molecule has 3 nitrogen and oxygen atoms in total. The Hall–Kier alpha value is -1.27. The van der Waals surface area contributed by atoms with Gasteiger partial charge in [0.25, 0.3) is 0 Å². The number of rotatable bonds is 5. The van der Waals surface area contributed by atoms with Crippen LogP contribution in [0.3, 0.4) is 0 Å². The van der Waals surface area contributed by atoms with Crippen molar-refractivity contribution >= 4 is 0 Å². The normalized spacial score (nSPS) is 11.9. The minimum absolute atomic E-state index is 0.263. The molecule has 0 aliphatic heterocycles. The van der Waals surface area contributed by atoms with Crippen molar-refractivity contribution in [3.63, 3.8) is 0 Å². The summed E-state index contributed by atoms with van der Waals surface area (Å²) in [7, 11) is 1.98. The Kier molecular flexibility index (Phi) is 4.92. The van der Waals surface area contributed by atoms with Crippen molar-refractivity contribution in [3.8, 4) is 11.8 Å². The highest BCUT2D eigenvalue weighted by molar-refractivity contribution is 5.09. The monoisotopic (exact) mass is 205 g/mol. The first kappa shape index (κ1) is 11.8. The molecule has 0 saturated heterocycles. The maximum Gasteiger partial charge on any atom is 0.0947 e. The van der Waals surface area contributed by atoms with E-state index in [9.17, 15) is 0 Å². The second-order valence-corrected chi connectivity index (χ2v) is 3.60. The van der Waals surface area contributed by atoms with E-state index < -0.39 is 0 Å². The van der Waals surface area contributed by atoms with Crippen molar-refractivity contribution in [2.75, 3.05) is 6.54 Å². The zero-order valence-electron chi connectivity index (χ0n) is 9.75. The number of hydrogen-bond donors (Lipinski definition) is 1. The Morgan fingerprint density at radius 1 is 1.60 bits per heavy atom. The molecular formula is C12H19N3. The van der Waals surface area contributed by atoms with Crippen LogP contribution in [0.1, 0.15) is 38.4 Å². The highest BCUT2D eigenvalue weighted by Gasteiger charge is 2.11. The topological polar surface area (TPSA) is 29.9 Å². The van der Waals surface area contributed by atoms with E-state index in [0.29, 0.717) is 0 Å². The van der Waals surface area contributed by atoms with E-state index in [1.807, 2.05) is 31.1 Å². The molecule has 0 saturated carbocycles. The van der Waals surface area contributed by atoms with Gasteiger partial charge >= 0.3 is 0 Å². The Bertz CT molecular complexity index is 343. The SMILES string of the molecule is CC#CCC(NCCC)c1cn(C)cn1. The van der Waals surface area contributed by atoms with E-state index in [4.69, 9.17) is 0 Å². The zero-order valence-corrected chi connectivity index (χ0v) is 9.75. The van der Waals surface area contributed by atoms with Gasteiger partial charge in [-0.3, -0.25) is 0 Å². The van der Waals surface area contributed by atoms with E-state index in [0.717, 1.165) is 25.1 Å². The first-order valence-electron chi connectivity index (χ1n) is 5.38. The number of aromatic nitrogens is 2. The maximum absolute atomic E-state index is 4.35. The molecule has 3 heteroatoms. The summed E-state index contributed by atoms with van der Waals surface area (Å²) in [5.41, 5.74) is 1.08. The molecular weight excluding hydrogens is 186 g/mol. The Balaban J connectivity index is 2.65. The Labute approximate surface area is 91.9 Å². The first-order valence-corrected chi connectivity index (χ1v) is 5.38. The van der Waals surface area contributed by atoms with Crippen LogP contribution in [0.5, 0.6) is 0 Å². The number of nitrogens with one attached hydrogen (secondary N) is 1. The molecule has 1 N–H and O–H groups in total. The molecule has 1 aromatic heterocycles. The molecule has 0 fully saturated rings. The molecule has 0 radical (unpaired) electrons. The molecule has 1 atom stereocenters. The number of hydrogen-bond acceptors (Lipinski definition) is 2. The first-order chi connectivity index (χ1) is 7.27. The lowest BCUT2D eigenvalue weighted by molar-refractivity contribution is 0.532. The summed E-state index contributed by atoms with van der Waals surface area (Å²) in [5.74, 6) is 6.03. The number of nitrogens with zero attached hydrogens (tertiary/aromatic N) is 2. The molecule has 0 aliphatic rings. The minimum atomic E-state index is 0.263. The summed E-state index contributed by atoms with van der Waals surface area (Å²) in [6, 6.07) is 0.263. The molecule has 82 valence electrons. The van der Waals surface area contributed by atoms with E-state index >= 15 is 0 Å². The van der Waals surface area contributed by atoms with Crippen LogP contribution in [0.2, 0.25) is 0 Å². The van der Waals surface area contributed by atoms with Crippen molar-refractivity contribution in [2.45, 2.75) is 32.7 Å². The van der Waals surface area contributed by atoms with Crippen LogP contribution in [0, 0.1) is 11.8 Å². The van der Waals surface area contributed by atoms with Crippen LogP contribution in [0.25, 0.3) is 0 Å². The van der Waals surface area contributed by atoms with Gasteiger partial charge < -0.3 is 9.88 Å². The second kappa shape index (κ2) is 6.26. The molecule has 1 heterocycles. The summed E-state index contributed by atoms with van der Waals surface area (Å²) in [6.45, 7) is 5.04. The van der Waals surface area contributed by atoms with Gasteiger partial charge in [0.2, 0.25) is 0 Å². The predicted molar refractivity (Wildman–Crippen MR) is 62.3 cm³/mol. The third-order valence-corrected chi connectivity index (χ3v) is 2.21. The molecule has 0 spiro atoms. The van der Waals surface area contributed by atoms with Crippen LogP contribution >= 0.6 is 0 Å². The largest absolute Gasteiger partial charge is 0.340 e. The third-order valence-electron chi connectivity index (χ3n) is 2.21. The van der Waals surface area contributed by atoms with Crippen molar-refractivity contribution < 1.29 is 0 Å². The smallest absolute Gasteiger partial charge is 0.0947 e. The van der Waals surface area contributed by atoms with Crippen LogP contribution in [0.15, 0.2) is 12.5 Å². The molecule has 0 aliphatic carbocycles. The lowest BCUT2D eigenvalue weighted by atomic mass is 10.1. The standard InChI is InChI=1S/C12H19N3/c1-4-6-7-11(13-8-5-2)12-9-15(3)10-14-12/h9-11,13H,5,7-8H2,1-3H3. The predicted octanol–water partition coefficient (Wildman–Crippen LogP) is 1.87. The van der Waals surface area contributed by atoms with Crippen molar-refractivity contribution in [2.24, 2.45) is 7.05 Å². The summed E-state index contributed by atoms with van der Waals surface area (Å²) in [4.78, 5) is 4.35. The van der Waals surface area contributed by atoms with Gasteiger partial charge in [-0.2, -0.15) is 0 Å². The average Bonchev–Trinajstić information content (AvgIpc) is 2.65. The molecule has 0 aromatic carbocycles. The Morgan fingerprint density at radius 3 is 2.93 bits per heavy atom. The summed E-state index contributed by atoms with van der Waals surface area (Å²) < 4.78 is 1.97. The van der Waals surface area contributed by atoms with E-state index in [-0.39, 0.29) is 6.04 Å². The van der Waals surface area contributed by atoms with Crippen LogP contribution in [-0.2, 0) is 7.05 Å². The van der Waals surface area contributed by atoms with Gasteiger partial charge in [-0.05, 0) is 19.9 Å². The fraction of sp³-hybridized carbons (Fsp3) is 0.583. The van der Waals surface area contributed by atoms with Crippen LogP contribution < -0.4 is 5.32 Å².